The van der Waals surface area contributed by atoms with Gasteiger partial charge < -0.3 is 5.32 Å². The minimum atomic E-state index is -0.00766. The zero-order valence-corrected chi connectivity index (χ0v) is 20.4. The van der Waals surface area contributed by atoms with Crippen LogP contribution in [0, 0.1) is 24.2 Å². The van der Waals surface area contributed by atoms with Crippen molar-refractivity contribution in [1.29, 1.82) is 5.41 Å². The Labute approximate surface area is 196 Å². The first kappa shape index (κ1) is 22.7. The molecule has 1 aliphatic rings. The van der Waals surface area contributed by atoms with Crippen LogP contribution in [0.3, 0.4) is 0 Å². The summed E-state index contributed by atoms with van der Waals surface area (Å²) < 4.78 is 1.74. The fourth-order valence-electron chi connectivity index (χ4n) is 3.70. The van der Waals surface area contributed by atoms with Crippen molar-refractivity contribution < 1.29 is 4.79 Å². The van der Waals surface area contributed by atoms with Gasteiger partial charge in [-0.1, -0.05) is 27.2 Å². The third-order valence-corrected chi connectivity index (χ3v) is 7.53. The van der Waals surface area contributed by atoms with Crippen LogP contribution in [0.1, 0.15) is 56.7 Å². The van der Waals surface area contributed by atoms with Crippen molar-refractivity contribution >= 4 is 34.7 Å². The molecule has 4 rings (SSSR count). The molecule has 7 nitrogen and oxygen atoms in total. The standard InChI is InChI=1S/C23H28N6OS2/c1-5-13(3)17-11-18(17)20-26-22(29-12-14(4)31-21(29)24)28-23(27-20)32-16-9-7-15(8-10-16)25-19(30)6-2/h7-10,12-13,17-18,24H,5-6,11H2,1-4H3,(H,25,30)/t13-,17?,18?/m0/s1. The van der Waals surface area contributed by atoms with Gasteiger partial charge in [0.05, 0.1) is 0 Å². The summed E-state index contributed by atoms with van der Waals surface area (Å²) in [5.41, 5.74) is 0.774. The summed E-state index contributed by atoms with van der Waals surface area (Å²) >= 11 is 2.88. The number of aromatic nitrogens is 4. The van der Waals surface area contributed by atoms with E-state index >= 15 is 0 Å². The van der Waals surface area contributed by atoms with Gasteiger partial charge >= 0.3 is 0 Å². The van der Waals surface area contributed by atoms with Gasteiger partial charge in [0.2, 0.25) is 11.9 Å². The Balaban J connectivity index is 1.63. The van der Waals surface area contributed by atoms with E-state index in [4.69, 9.17) is 15.4 Å². The van der Waals surface area contributed by atoms with Gasteiger partial charge in [0, 0.05) is 34.0 Å². The molecule has 3 atom stereocenters. The Bertz CT molecular complexity index is 1170. The Hall–Kier alpha value is -2.52. The Morgan fingerprint density at radius 1 is 1.28 bits per heavy atom. The molecule has 1 aromatic carbocycles. The molecule has 2 aromatic heterocycles. The van der Waals surface area contributed by atoms with Crippen molar-refractivity contribution in [2.75, 3.05) is 5.32 Å². The summed E-state index contributed by atoms with van der Waals surface area (Å²) in [6, 6.07) is 7.68. The molecular weight excluding hydrogens is 440 g/mol. The highest BCUT2D eigenvalue weighted by Gasteiger charge is 2.43. The number of amides is 1. The Morgan fingerprint density at radius 2 is 2.03 bits per heavy atom. The van der Waals surface area contributed by atoms with E-state index in [1.54, 1.807) is 4.57 Å². The smallest absolute Gasteiger partial charge is 0.240 e. The van der Waals surface area contributed by atoms with E-state index in [1.807, 2.05) is 44.3 Å². The molecule has 9 heteroatoms. The van der Waals surface area contributed by atoms with Gasteiger partial charge in [0.25, 0.3) is 0 Å². The van der Waals surface area contributed by atoms with E-state index in [0.29, 0.717) is 40.1 Å². The van der Waals surface area contributed by atoms with Crippen molar-refractivity contribution in [3.8, 4) is 5.95 Å². The van der Waals surface area contributed by atoms with Crippen LogP contribution in [0.4, 0.5) is 5.69 Å². The highest BCUT2D eigenvalue weighted by Crippen LogP contribution is 2.51. The average Bonchev–Trinajstić information content (AvgIpc) is 3.52. The predicted octanol–water partition coefficient (Wildman–Crippen LogP) is 5.16. The molecule has 168 valence electrons. The molecule has 1 amide bonds. The lowest BCUT2D eigenvalue weighted by Gasteiger charge is -2.10. The van der Waals surface area contributed by atoms with Crippen molar-refractivity contribution in [3.05, 3.63) is 46.0 Å². The number of aryl methyl sites for hydroxylation is 1. The highest BCUT2D eigenvalue weighted by molar-refractivity contribution is 7.99. The van der Waals surface area contributed by atoms with Crippen molar-refractivity contribution in [3.63, 3.8) is 0 Å². The van der Waals surface area contributed by atoms with Crippen molar-refractivity contribution in [2.45, 2.75) is 62.9 Å². The lowest BCUT2D eigenvalue weighted by Crippen LogP contribution is -2.15. The minimum Gasteiger partial charge on any atom is -0.326 e. The zero-order valence-electron chi connectivity index (χ0n) is 18.8. The van der Waals surface area contributed by atoms with Gasteiger partial charge in [-0.2, -0.15) is 9.97 Å². The monoisotopic (exact) mass is 468 g/mol. The quantitative estimate of drug-likeness (QED) is 0.476. The maximum absolute atomic E-state index is 11.6. The SMILES string of the molecule is CCC(=O)Nc1ccc(Sc2nc(C3CC3[C@@H](C)CC)nc(-n3cc(C)sc3=N)n2)cc1. The number of thiazole rings is 1. The van der Waals surface area contributed by atoms with Crippen LogP contribution in [0.5, 0.6) is 0 Å². The van der Waals surface area contributed by atoms with E-state index in [0.717, 1.165) is 34.1 Å². The molecule has 1 aliphatic carbocycles. The fraction of sp³-hybridized carbons (Fsp3) is 0.435. The van der Waals surface area contributed by atoms with Crippen LogP contribution in [0.25, 0.3) is 5.95 Å². The van der Waals surface area contributed by atoms with E-state index < -0.39 is 0 Å². The van der Waals surface area contributed by atoms with Crippen LogP contribution < -0.4 is 10.1 Å². The highest BCUT2D eigenvalue weighted by atomic mass is 32.2. The molecule has 2 heterocycles. The second-order valence-electron chi connectivity index (χ2n) is 8.21. The fourth-order valence-corrected chi connectivity index (χ4v) is 5.15. The number of anilines is 1. The number of carbonyl (C=O) groups is 1. The number of nitrogens with zero attached hydrogens (tertiary/aromatic N) is 4. The normalized spacial score (nSPS) is 18.4. The number of carbonyl (C=O) groups excluding carboxylic acids is 1. The largest absolute Gasteiger partial charge is 0.326 e. The van der Waals surface area contributed by atoms with Gasteiger partial charge in [0.15, 0.2) is 9.96 Å². The molecule has 0 aliphatic heterocycles. The van der Waals surface area contributed by atoms with Crippen molar-refractivity contribution in [2.24, 2.45) is 11.8 Å². The number of benzene rings is 1. The lowest BCUT2D eigenvalue weighted by molar-refractivity contribution is -0.115. The second kappa shape index (κ2) is 9.54. The Kier molecular flexibility index (Phi) is 6.76. The third-order valence-electron chi connectivity index (χ3n) is 5.84. The molecular formula is C23H28N6OS2. The number of nitrogens with one attached hydrogen (secondary N) is 2. The summed E-state index contributed by atoms with van der Waals surface area (Å²) in [5, 5.41) is 11.8. The summed E-state index contributed by atoms with van der Waals surface area (Å²) in [6.07, 6.45) is 4.61. The maximum atomic E-state index is 11.6. The van der Waals surface area contributed by atoms with Gasteiger partial charge in [0.1, 0.15) is 5.82 Å². The molecule has 32 heavy (non-hydrogen) atoms. The van der Waals surface area contributed by atoms with Gasteiger partial charge in [-0.05, 0) is 61.2 Å². The second-order valence-corrected chi connectivity index (χ2v) is 10.5. The molecule has 0 spiro atoms. The molecule has 0 saturated heterocycles. The first-order valence-electron chi connectivity index (χ1n) is 11.0. The van der Waals surface area contributed by atoms with E-state index in [-0.39, 0.29) is 5.91 Å². The minimum absolute atomic E-state index is 0.00766. The van der Waals surface area contributed by atoms with E-state index in [9.17, 15) is 4.79 Å². The molecule has 0 radical (unpaired) electrons. The predicted molar refractivity (Wildman–Crippen MR) is 127 cm³/mol. The van der Waals surface area contributed by atoms with Gasteiger partial charge in [-0.3, -0.25) is 14.8 Å². The topological polar surface area (TPSA) is 96.5 Å². The van der Waals surface area contributed by atoms with E-state index in [1.165, 1.54) is 23.1 Å². The summed E-state index contributed by atoms with van der Waals surface area (Å²) in [5.74, 6) is 2.93. The van der Waals surface area contributed by atoms with Crippen LogP contribution >= 0.6 is 23.1 Å². The summed E-state index contributed by atoms with van der Waals surface area (Å²) in [4.78, 5) is 28.3. The first-order chi connectivity index (χ1) is 15.4. The van der Waals surface area contributed by atoms with Gasteiger partial charge in [-0.25, -0.2) is 4.98 Å². The molecule has 1 fully saturated rings. The average molecular weight is 469 g/mol. The maximum Gasteiger partial charge on any atom is 0.240 e. The van der Waals surface area contributed by atoms with E-state index in [2.05, 4.69) is 24.1 Å². The zero-order chi connectivity index (χ0) is 22.8. The van der Waals surface area contributed by atoms with Crippen LogP contribution in [0.15, 0.2) is 40.5 Å². The van der Waals surface area contributed by atoms with Crippen molar-refractivity contribution in [1.82, 2.24) is 19.5 Å². The lowest BCUT2D eigenvalue weighted by atomic mass is 10.0. The molecule has 2 N–H and O–H groups in total. The third kappa shape index (κ3) is 5.10. The van der Waals surface area contributed by atoms with Gasteiger partial charge in [-0.15, -0.1) is 11.3 Å². The van der Waals surface area contributed by atoms with Crippen LogP contribution in [-0.2, 0) is 4.79 Å². The molecule has 3 aromatic rings. The molecule has 0 bridgehead atoms. The number of hydrogen-bond acceptors (Lipinski definition) is 7. The number of hydrogen-bond donors (Lipinski definition) is 2. The Morgan fingerprint density at radius 3 is 2.66 bits per heavy atom. The van der Waals surface area contributed by atoms with Crippen LogP contribution in [0.2, 0.25) is 0 Å². The molecule has 2 unspecified atom stereocenters. The molecule has 1 saturated carbocycles. The summed E-state index contributed by atoms with van der Waals surface area (Å²) in [7, 11) is 0. The first-order valence-corrected chi connectivity index (χ1v) is 12.6. The summed E-state index contributed by atoms with van der Waals surface area (Å²) in [6.45, 7) is 8.33. The number of rotatable bonds is 8. The van der Waals surface area contributed by atoms with Crippen LogP contribution in [-0.4, -0.2) is 25.4 Å².